The van der Waals surface area contributed by atoms with Gasteiger partial charge in [-0.25, -0.2) is 0 Å². The fourth-order valence-electron chi connectivity index (χ4n) is 5.93. The summed E-state index contributed by atoms with van der Waals surface area (Å²) in [6.45, 7) is 30.0. The predicted molar refractivity (Wildman–Crippen MR) is 184 cm³/mol. The highest BCUT2D eigenvalue weighted by molar-refractivity contribution is 6.15. The lowest BCUT2D eigenvalue weighted by Gasteiger charge is -2.27. The lowest BCUT2D eigenvalue weighted by atomic mass is 9.78. The van der Waals surface area contributed by atoms with E-state index in [1.165, 1.54) is 60.8 Å². The van der Waals surface area contributed by atoms with Gasteiger partial charge < -0.3 is 4.42 Å². The van der Waals surface area contributed by atoms with Crippen molar-refractivity contribution in [2.75, 3.05) is 0 Å². The summed E-state index contributed by atoms with van der Waals surface area (Å²) >= 11 is 0. The minimum atomic E-state index is 0.0499. The van der Waals surface area contributed by atoms with Crippen LogP contribution in [-0.2, 0) is 21.7 Å². The lowest BCUT2D eigenvalue weighted by molar-refractivity contribution is 0.568. The van der Waals surface area contributed by atoms with E-state index < -0.39 is 0 Å². The van der Waals surface area contributed by atoms with Crippen LogP contribution in [0.4, 0.5) is 0 Å². The second-order valence-corrected chi connectivity index (χ2v) is 16.5. The molecule has 1 aromatic heterocycles. The third-order valence-electron chi connectivity index (χ3n) is 8.88. The Hall–Kier alpha value is -3.32. The van der Waals surface area contributed by atoms with Gasteiger partial charge in [0.1, 0.15) is 11.2 Å². The summed E-state index contributed by atoms with van der Waals surface area (Å²) in [6.07, 6.45) is 0. The van der Waals surface area contributed by atoms with Gasteiger partial charge in [-0.2, -0.15) is 0 Å². The number of hydrogen-bond donors (Lipinski definition) is 0. The van der Waals surface area contributed by atoms with Gasteiger partial charge in [0.15, 0.2) is 0 Å². The number of benzene rings is 4. The van der Waals surface area contributed by atoms with E-state index in [9.17, 15) is 0 Å². The van der Waals surface area contributed by atoms with Gasteiger partial charge in [0, 0.05) is 10.8 Å². The summed E-state index contributed by atoms with van der Waals surface area (Å²) in [7, 11) is 0. The average molecular weight is 559 g/mol. The minimum absolute atomic E-state index is 0.0499. The minimum Gasteiger partial charge on any atom is -0.456 e. The first-order chi connectivity index (χ1) is 19.2. The molecule has 0 atom stereocenters. The lowest BCUT2D eigenvalue weighted by Crippen LogP contribution is -2.16. The second-order valence-electron chi connectivity index (χ2n) is 16.5. The third kappa shape index (κ3) is 5.56. The zero-order chi connectivity index (χ0) is 31.0. The Labute approximate surface area is 254 Å². The Balaban J connectivity index is 1.83. The maximum absolute atomic E-state index is 6.54. The maximum atomic E-state index is 6.54. The molecule has 0 aliphatic heterocycles. The molecule has 0 N–H and O–H groups in total. The number of rotatable bonds is 2. The van der Waals surface area contributed by atoms with Crippen LogP contribution >= 0.6 is 0 Å². The summed E-state index contributed by atoms with van der Waals surface area (Å²) in [5, 5.41) is 2.43. The van der Waals surface area contributed by atoms with E-state index in [0.717, 1.165) is 11.2 Å². The molecule has 0 aliphatic carbocycles. The van der Waals surface area contributed by atoms with Crippen molar-refractivity contribution in [3.8, 4) is 22.3 Å². The third-order valence-corrected chi connectivity index (χ3v) is 8.88. The van der Waals surface area contributed by atoms with Crippen molar-refractivity contribution in [2.45, 2.75) is 112 Å². The van der Waals surface area contributed by atoms with Gasteiger partial charge in [-0.3, -0.25) is 0 Å². The van der Waals surface area contributed by atoms with E-state index in [1.54, 1.807) is 0 Å². The van der Waals surface area contributed by atoms with E-state index in [-0.39, 0.29) is 21.7 Å². The molecule has 42 heavy (non-hydrogen) atoms. The second kappa shape index (κ2) is 9.87. The van der Waals surface area contributed by atoms with Crippen molar-refractivity contribution >= 4 is 21.9 Å². The molecule has 0 saturated carbocycles. The Morgan fingerprint density at radius 3 is 1.26 bits per heavy atom. The maximum Gasteiger partial charge on any atom is 0.136 e. The van der Waals surface area contributed by atoms with Gasteiger partial charge >= 0.3 is 0 Å². The summed E-state index contributed by atoms with van der Waals surface area (Å²) in [6, 6.07) is 25.3. The van der Waals surface area contributed by atoms with Gasteiger partial charge in [-0.15, -0.1) is 0 Å². The topological polar surface area (TPSA) is 13.1 Å². The van der Waals surface area contributed by atoms with Gasteiger partial charge in [0.2, 0.25) is 0 Å². The number of hydrogen-bond acceptors (Lipinski definition) is 1. The predicted octanol–water partition coefficient (Wildman–Crippen LogP) is 12.4. The van der Waals surface area contributed by atoms with Crippen LogP contribution in [0.2, 0.25) is 0 Å². The number of aryl methyl sites for hydroxylation is 1. The first kappa shape index (κ1) is 30.1. The monoisotopic (exact) mass is 558 g/mol. The van der Waals surface area contributed by atoms with E-state index in [4.69, 9.17) is 4.42 Å². The van der Waals surface area contributed by atoms with Gasteiger partial charge in [0.25, 0.3) is 0 Å². The van der Waals surface area contributed by atoms with E-state index in [0.29, 0.717) is 0 Å². The Kier molecular flexibility index (Phi) is 7.08. The SMILES string of the molecule is Cc1c(-c2cc(C(C)(C)C)cc(C(C)(C)C)c2)ccc2oc3cccc(-c4cc(C(C)(C)C)cc(C(C)(C)C)c4)c3c12. The molecule has 1 heterocycles. The Bertz CT molecular complexity index is 1730. The molecule has 0 saturated heterocycles. The number of fused-ring (bicyclic) bond motifs is 3. The van der Waals surface area contributed by atoms with Crippen molar-refractivity contribution in [3.05, 3.63) is 94.5 Å². The van der Waals surface area contributed by atoms with Gasteiger partial charge in [-0.05, 0) is 90.8 Å². The molecule has 5 rings (SSSR count). The van der Waals surface area contributed by atoms with Gasteiger partial charge in [-0.1, -0.05) is 138 Å². The average Bonchev–Trinajstić information content (AvgIpc) is 3.26. The van der Waals surface area contributed by atoms with Gasteiger partial charge in [0.05, 0.1) is 0 Å². The van der Waals surface area contributed by atoms with Crippen molar-refractivity contribution in [3.63, 3.8) is 0 Å². The highest BCUT2D eigenvalue weighted by Crippen LogP contribution is 2.44. The van der Waals surface area contributed by atoms with Crippen molar-refractivity contribution in [2.24, 2.45) is 0 Å². The zero-order valence-electron chi connectivity index (χ0n) is 28.3. The summed E-state index contributed by atoms with van der Waals surface area (Å²) in [4.78, 5) is 0. The fourth-order valence-corrected chi connectivity index (χ4v) is 5.93. The molecule has 1 nitrogen and oxygen atoms in total. The van der Waals surface area contributed by atoms with Crippen molar-refractivity contribution in [1.29, 1.82) is 0 Å². The summed E-state index contributed by atoms with van der Waals surface area (Å²) < 4.78 is 6.54. The largest absolute Gasteiger partial charge is 0.456 e. The first-order valence-electron chi connectivity index (χ1n) is 15.5. The molecule has 4 aromatic carbocycles. The van der Waals surface area contributed by atoms with Crippen LogP contribution in [0, 0.1) is 6.92 Å². The zero-order valence-corrected chi connectivity index (χ0v) is 28.3. The molecular formula is C41H50O. The summed E-state index contributed by atoms with van der Waals surface area (Å²) in [5.74, 6) is 0. The molecule has 0 spiro atoms. The molecule has 0 amide bonds. The highest BCUT2D eigenvalue weighted by Gasteiger charge is 2.25. The van der Waals surface area contributed by atoms with Crippen LogP contribution in [-0.4, -0.2) is 0 Å². The van der Waals surface area contributed by atoms with Crippen LogP contribution in [0.25, 0.3) is 44.2 Å². The van der Waals surface area contributed by atoms with Crippen LogP contribution in [0.15, 0.2) is 71.1 Å². The first-order valence-corrected chi connectivity index (χ1v) is 15.5. The molecule has 0 radical (unpaired) electrons. The van der Waals surface area contributed by atoms with Crippen LogP contribution in [0.3, 0.4) is 0 Å². The number of furan rings is 1. The van der Waals surface area contributed by atoms with Crippen LogP contribution < -0.4 is 0 Å². The van der Waals surface area contributed by atoms with Crippen molar-refractivity contribution < 1.29 is 4.42 Å². The fraction of sp³-hybridized carbons (Fsp3) is 0.415. The Morgan fingerprint density at radius 1 is 0.429 bits per heavy atom. The standard InChI is InChI=1S/C41H50O/c1-25-32(26-19-28(38(2,3)4)23-29(20-26)39(5,6)7)17-18-35-36(25)37-33(15-14-16-34(37)42-35)27-21-30(40(8,9)10)24-31(22-27)41(11,12)13/h14-24H,1-13H3. The molecular weight excluding hydrogens is 508 g/mol. The van der Waals surface area contributed by atoms with Crippen LogP contribution in [0.1, 0.15) is 111 Å². The van der Waals surface area contributed by atoms with Crippen molar-refractivity contribution in [1.82, 2.24) is 0 Å². The molecule has 0 fully saturated rings. The van der Waals surface area contributed by atoms with Crippen LogP contribution in [0.5, 0.6) is 0 Å². The summed E-state index contributed by atoms with van der Waals surface area (Å²) in [5.41, 5.74) is 13.9. The quantitative estimate of drug-likeness (QED) is 0.210. The van der Waals surface area contributed by atoms with E-state index >= 15 is 0 Å². The molecule has 1 heteroatoms. The van der Waals surface area contributed by atoms with E-state index in [2.05, 4.69) is 157 Å². The normalized spacial score (nSPS) is 13.4. The van der Waals surface area contributed by atoms with E-state index in [1.807, 2.05) is 0 Å². The molecule has 0 bridgehead atoms. The Morgan fingerprint density at radius 2 is 0.833 bits per heavy atom. The smallest absolute Gasteiger partial charge is 0.136 e. The molecule has 0 aliphatic rings. The molecule has 5 aromatic rings. The molecule has 0 unspecified atom stereocenters. The highest BCUT2D eigenvalue weighted by atomic mass is 16.3. The molecule has 220 valence electrons.